The van der Waals surface area contributed by atoms with Gasteiger partial charge in [-0.25, -0.2) is 14.8 Å². The van der Waals surface area contributed by atoms with Crippen molar-refractivity contribution < 1.29 is 9.18 Å². The Labute approximate surface area is 187 Å². The van der Waals surface area contributed by atoms with Crippen molar-refractivity contribution in [2.75, 3.05) is 5.32 Å². The van der Waals surface area contributed by atoms with E-state index in [1.165, 1.54) is 41.7 Å². The van der Waals surface area contributed by atoms with Gasteiger partial charge in [-0.05, 0) is 12.1 Å². The van der Waals surface area contributed by atoms with E-state index in [1.54, 1.807) is 6.07 Å². The number of amides is 1. The van der Waals surface area contributed by atoms with E-state index in [0.717, 1.165) is 4.57 Å². The number of carbonyl (C=O) groups excluding carboxylic acids is 1. The predicted octanol–water partition coefficient (Wildman–Crippen LogP) is 2.64. The molecule has 0 radical (unpaired) electrons. The van der Waals surface area contributed by atoms with Gasteiger partial charge in [0.25, 0.3) is 5.56 Å². The summed E-state index contributed by atoms with van der Waals surface area (Å²) >= 11 is 12.5. The number of thiazole rings is 1. The van der Waals surface area contributed by atoms with Gasteiger partial charge in [0, 0.05) is 19.7 Å². The number of imidazole rings is 1. The first-order valence-electron chi connectivity index (χ1n) is 8.70. The Morgan fingerprint density at radius 1 is 1.19 bits per heavy atom. The molecule has 0 aliphatic heterocycles. The zero-order chi connectivity index (χ0) is 22.4. The minimum atomic E-state index is -0.606. The fourth-order valence-electron chi connectivity index (χ4n) is 3.01. The summed E-state index contributed by atoms with van der Waals surface area (Å²) in [6, 6.07) is 4.56. The molecule has 160 valence electrons. The molecule has 4 rings (SSSR count). The summed E-state index contributed by atoms with van der Waals surface area (Å²) in [5, 5.41) is 2.51. The van der Waals surface area contributed by atoms with Crippen molar-refractivity contribution in [3.63, 3.8) is 0 Å². The molecule has 13 heteroatoms. The topological polar surface area (TPSA) is 104 Å². The van der Waals surface area contributed by atoms with Gasteiger partial charge in [0.2, 0.25) is 11.0 Å². The number of hydrogen-bond donors (Lipinski definition) is 1. The van der Waals surface area contributed by atoms with Crippen molar-refractivity contribution in [3.05, 3.63) is 60.5 Å². The smallest absolute Gasteiger partial charge is 0.315 e. The van der Waals surface area contributed by atoms with Gasteiger partial charge in [-0.2, -0.15) is 4.39 Å². The Hall–Kier alpha value is -3.02. The normalized spacial score (nSPS) is 11.3. The quantitative estimate of drug-likeness (QED) is 0.481. The van der Waals surface area contributed by atoms with Crippen LogP contribution in [-0.4, -0.2) is 29.6 Å². The maximum absolute atomic E-state index is 14.4. The molecule has 1 N–H and O–H groups in total. The van der Waals surface area contributed by atoms with Crippen LogP contribution in [0.4, 0.5) is 9.52 Å². The third kappa shape index (κ3) is 3.75. The summed E-state index contributed by atoms with van der Waals surface area (Å²) in [4.78, 5) is 45.1. The highest BCUT2D eigenvalue weighted by atomic mass is 35.5. The highest BCUT2D eigenvalue weighted by molar-refractivity contribution is 7.14. The number of anilines is 1. The zero-order valence-electron chi connectivity index (χ0n) is 16.0. The van der Waals surface area contributed by atoms with Crippen LogP contribution in [0, 0.1) is 5.13 Å². The molecule has 0 saturated heterocycles. The first kappa shape index (κ1) is 21.2. The summed E-state index contributed by atoms with van der Waals surface area (Å²) in [6.07, 6.45) is 1.29. The molecule has 0 bridgehead atoms. The molecule has 3 aromatic heterocycles. The average Bonchev–Trinajstić information content (AvgIpc) is 3.30. The van der Waals surface area contributed by atoms with Crippen LogP contribution in [0.3, 0.4) is 0 Å². The Bertz CT molecular complexity index is 1470. The van der Waals surface area contributed by atoms with Gasteiger partial charge in [0.15, 0.2) is 16.3 Å². The molecule has 1 aromatic carbocycles. The molecule has 31 heavy (non-hydrogen) atoms. The molecule has 0 unspecified atom stereocenters. The second kappa shape index (κ2) is 7.91. The molecule has 1 amide bonds. The average molecular weight is 483 g/mol. The molecule has 3 heterocycles. The third-order valence-corrected chi connectivity index (χ3v) is 6.05. The minimum Gasteiger partial charge on any atom is -0.315 e. The van der Waals surface area contributed by atoms with Gasteiger partial charge in [-0.3, -0.25) is 18.7 Å². The first-order chi connectivity index (χ1) is 14.7. The van der Waals surface area contributed by atoms with Gasteiger partial charge >= 0.3 is 5.69 Å². The minimum absolute atomic E-state index is 0.0239. The Morgan fingerprint density at radius 3 is 2.65 bits per heavy atom. The van der Waals surface area contributed by atoms with Crippen LogP contribution in [0.15, 0.2) is 34.1 Å². The van der Waals surface area contributed by atoms with Crippen LogP contribution in [0.2, 0.25) is 10.0 Å². The summed E-state index contributed by atoms with van der Waals surface area (Å²) in [5.41, 5.74) is -0.417. The van der Waals surface area contributed by atoms with Crippen molar-refractivity contribution in [1.29, 1.82) is 0 Å². The van der Waals surface area contributed by atoms with E-state index >= 15 is 0 Å². The lowest BCUT2D eigenvalue weighted by molar-refractivity contribution is -0.116. The number of nitrogens with zero attached hydrogens (tertiary/aromatic N) is 5. The Balaban J connectivity index is 1.60. The van der Waals surface area contributed by atoms with Gasteiger partial charge < -0.3 is 9.88 Å². The number of carbonyl (C=O) groups is 1. The van der Waals surface area contributed by atoms with E-state index in [0.29, 0.717) is 21.9 Å². The van der Waals surface area contributed by atoms with E-state index in [2.05, 4.69) is 15.3 Å². The van der Waals surface area contributed by atoms with Crippen LogP contribution in [0.1, 0.15) is 0 Å². The highest BCUT2D eigenvalue weighted by Crippen LogP contribution is 2.33. The number of aromatic nitrogens is 5. The highest BCUT2D eigenvalue weighted by Gasteiger charge is 2.18. The van der Waals surface area contributed by atoms with Crippen molar-refractivity contribution >= 4 is 56.7 Å². The van der Waals surface area contributed by atoms with Gasteiger partial charge in [0.1, 0.15) is 12.2 Å². The number of aryl methyl sites for hydroxylation is 1. The van der Waals surface area contributed by atoms with Gasteiger partial charge in [-0.1, -0.05) is 40.6 Å². The van der Waals surface area contributed by atoms with Crippen LogP contribution >= 0.6 is 34.5 Å². The maximum Gasteiger partial charge on any atom is 0.332 e. The lowest BCUT2D eigenvalue weighted by Gasteiger charge is -2.06. The molecule has 0 aliphatic carbocycles. The van der Waals surface area contributed by atoms with Gasteiger partial charge in [0.05, 0.1) is 16.4 Å². The fourth-order valence-corrected chi connectivity index (χ4v) is 4.04. The molecule has 0 aliphatic rings. The molecule has 0 atom stereocenters. The number of nitrogens with one attached hydrogen (secondary N) is 1. The maximum atomic E-state index is 14.4. The zero-order valence-corrected chi connectivity index (χ0v) is 18.3. The SMILES string of the molecule is Cn1c(=O)c2c(ncn2CC(=O)Nc2nc(-c3ccc(Cl)c(Cl)c3)c(F)s2)n(C)c1=O. The second-order valence-corrected chi connectivity index (χ2v) is 8.33. The van der Waals surface area contributed by atoms with E-state index in [-0.39, 0.29) is 33.6 Å². The predicted molar refractivity (Wildman–Crippen MR) is 116 cm³/mol. The lowest BCUT2D eigenvalue weighted by atomic mass is 10.2. The van der Waals surface area contributed by atoms with Crippen molar-refractivity contribution in [3.8, 4) is 11.3 Å². The second-order valence-electron chi connectivity index (χ2n) is 6.57. The van der Waals surface area contributed by atoms with Crippen molar-refractivity contribution in [2.45, 2.75) is 6.54 Å². The van der Waals surface area contributed by atoms with Crippen LogP contribution in [0.5, 0.6) is 0 Å². The number of hydrogen-bond acceptors (Lipinski definition) is 6. The molecule has 0 spiro atoms. The molecular formula is C18H13Cl2FN6O3S. The Kier molecular flexibility index (Phi) is 5.42. The molecular weight excluding hydrogens is 470 g/mol. The third-order valence-electron chi connectivity index (χ3n) is 4.56. The first-order valence-corrected chi connectivity index (χ1v) is 10.3. The van der Waals surface area contributed by atoms with Gasteiger partial charge in [-0.15, -0.1) is 0 Å². The monoisotopic (exact) mass is 482 g/mol. The van der Waals surface area contributed by atoms with Crippen molar-refractivity contribution in [1.82, 2.24) is 23.7 Å². The summed E-state index contributed by atoms with van der Waals surface area (Å²) in [7, 11) is 2.81. The number of halogens is 3. The Morgan fingerprint density at radius 2 is 1.94 bits per heavy atom. The summed E-state index contributed by atoms with van der Waals surface area (Å²) in [5.74, 6) is -0.551. The van der Waals surface area contributed by atoms with Crippen molar-refractivity contribution in [2.24, 2.45) is 14.1 Å². The van der Waals surface area contributed by atoms with Crippen LogP contribution in [-0.2, 0) is 25.4 Å². The molecule has 9 nitrogen and oxygen atoms in total. The van der Waals surface area contributed by atoms with E-state index in [4.69, 9.17) is 23.2 Å². The van der Waals surface area contributed by atoms with E-state index in [1.807, 2.05) is 0 Å². The standard InChI is InChI=1S/C18H13Cl2FN6O3S/c1-25-15-13(16(29)26(2)18(25)30)27(7-22-15)6-11(28)23-17-24-12(14(21)31-17)8-3-4-9(19)10(20)5-8/h3-5,7H,6H2,1-2H3,(H,23,24,28). The van der Waals surface area contributed by atoms with Crippen LogP contribution < -0.4 is 16.6 Å². The lowest BCUT2D eigenvalue weighted by Crippen LogP contribution is -2.37. The fraction of sp³-hybridized carbons (Fsp3) is 0.167. The molecule has 0 fully saturated rings. The summed E-state index contributed by atoms with van der Waals surface area (Å²) < 4.78 is 17.8. The number of benzene rings is 1. The largest absolute Gasteiger partial charge is 0.332 e. The van der Waals surface area contributed by atoms with E-state index in [9.17, 15) is 18.8 Å². The number of rotatable bonds is 4. The molecule has 4 aromatic rings. The molecule has 0 saturated carbocycles. The van der Waals surface area contributed by atoms with Crippen LogP contribution in [0.25, 0.3) is 22.4 Å². The number of fused-ring (bicyclic) bond motifs is 1. The summed E-state index contributed by atoms with van der Waals surface area (Å²) in [6.45, 7) is -0.284. The van der Waals surface area contributed by atoms with E-state index < -0.39 is 22.3 Å².